The molecule has 0 fully saturated rings. The molecule has 40 heavy (non-hydrogen) atoms. The Bertz CT molecular complexity index is 1680. The van der Waals surface area contributed by atoms with Crippen LogP contribution in [0.25, 0.3) is 23.3 Å². The fourth-order valence-corrected chi connectivity index (χ4v) is 52.2. The number of halogens is 2. The van der Waals surface area contributed by atoms with Crippen LogP contribution in [0.15, 0.2) is 109 Å². The zero-order chi connectivity index (χ0) is 28.3. The summed E-state index contributed by atoms with van der Waals surface area (Å²) in [4.78, 5) is 0. The third-order valence-corrected chi connectivity index (χ3v) is 77.7. The molecule has 0 saturated heterocycles. The van der Waals surface area contributed by atoms with Crippen molar-refractivity contribution in [3.05, 3.63) is 137 Å². The van der Waals surface area contributed by atoms with E-state index in [1.54, 1.807) is 0 Å². The van der Waals surface area contributed by atoms with Gasteiger partial charge in [-0.05, 0) is 0 Å². The maximum absolute atomic E-state index is 8.87. The van der Waals surface area contributed by atoms with E-state index in [1.165, 1.54) is 47.8 Å². The molecule has 2 unspecified atom stereocenters. The molecule has 2 aliphatic carbocycles. The number of hydrogen-bond donors (Lipinski definition) is 0. The van der Waals surface area contributed by atoms with E-state index >= 15 is 0 Å². The first-order valence-electron chi connectivity index (χ1n) is 14.5. The van der Waals surface area contributed by atoms with Gasteiger partial charge in [0.05, 0.1) is 0 Å². The van der Waals surface area contributed by atoms with Crippen molar-refractivity contribution in [3.63, 3.8) is 0 Å². The van der Waals surface area contributed by atoms with Gasteiger partial charge in [0.1, 0.15) is 0 Å². The second-order valence-corrected chi connectivity index (χ2v) is 63.8. The first-order valence-corrected chi connectivity index (χ1v) is 32.1. The molecular formula is C36H38Cl2SiZr. The Hall–Kier alpha value is -1.96. The van der Waals surface area contributed by atoms with Crippen molar-refractivity contribution < 1.29 is 14.1 Å². The van der Waals surface area contributed by atoms with Crippen LogP contribution in [-0.2, 0) is 14.1 Å². The average molecular weight is 661 g/mol. The summed E-state index contributed by atoms with van der Waals surface area (Å²) in [6.07, 6.45) is 7.02. The number of benzene rings is 4. The van der Waals surface area contributed by atoms with E-state index in [0.717, 1.165) is 0 Å². The molecule has 6 rings (SSSR count). The van der Waals surface area contributed by atoms with Crippen LogP contribution in [0.2, 0.25) is 13.1 Å². The Kier molecular flexibility index (Phi) is 6.71. The fraction of sp³-hybridized carbons (Fsp3) is 0.222. The van der Waals surface area contributed by atoms with Crippen LogP contribution >= 0.6 is 17.0 Å². The van der Waals surface area contributed by atoms with Crippen molar-refractivity contribution in [2.24, 2.45) is 0 Å². The molecule has 0 N–H and O–H groups in total. The fourth-order valence-electron chi connectivity index (χ4n) is 8.04. The molecule has 0 spiro atoms. The van der Waals surface area contributed by atoms with Gasteiger partial charge < -0.3 is 0 Å². The molecular weight excluding hydrogens is 623 g/mol. The first-order chi connectivity index (χ1) is 19.0. The molecule has 0 aromatic heterocycles. The van der Waals surface area contributed by atoms with E-state index in [9.17, 15) is 0 Å². The van der Waals surface area contributed by atoms with Gasteiger partial charge in [0, 0.05) is 0 Å². The van der Waals surface area contributed by atoms with Crippen LogP contribution in [0.3, 0.4) is 0 Å². The van der Waals surface area contributed by atoms with Crippen LogP contribution in [0, 0.1) is 0 Å². The summed E-state index contributed by atoms with van der Waals surface area (Å²) >= 11 is -5.65. The van der Waals surface area contributed by atoms with Gasteiger partial charge in [0.15, 0.2) is 0 Å². The van der Waals surface area contributed by atoms with Crippen LogP contribution < -0.4 is 3.27 Å². The Morgan fingerprint density at radius 1 is 0.750 bits per heavy atom. The summed E-state index contributed by atoms with van der Waals surface area (Å²) in [5.74, 6) is -1.30. The molecule has 2 aliphatic rings. The predicted octanol–water partition coefficient (Wildman–Crippen LogP) is 10.5. The zero-order valence-corrected chi connectivity index (χ0v) is 29.2. The molecule has 0 amide bonds. The predicted molar refractivity (Wildman–Crippen MR) is 177 cm³/mol. The van der Waals surface area contributed by atoms with Gasteiger partial charge in [-0.25, -0.2) is 0 Å². The van der Waals surface area contributed by atoms with Gasteiger partial charge in [-0.15, -0.1) is 0 Å². The van der Waals surface area contributed by atoms with Crippen molar-refractivity contribution in [1.29, 1.82) is 0 Å². The first kappa shape index (κ1) is 28.2. The Morgan fingerprint density at radius 2 is 1.40 bits per heavy atom. The van der Waals surface area contributed by atoms with E-state index in [2.05, 4.69) is 149 Å². The summed E-state index contributed by atoms with van der Waals surface area (Å²) in [5.41, 5.74) is 10.3. The van der Waals surface area contributed by atoms with Crippen LogP contribution in [0.4, 0.5) is 0 Å². The molecule has 0 radical (unpaired) electrons. The monoisotopic (exact) mass is 658 g/mol. The third-order valence-electron chi connectivity index (χ3n) is 10.3. The van der Waals surface area contributed by atoms with Gasteiger partial charge in [-0.1, -0.05) is 0 Å². The Morgan fingerprint density at radius 3 is 2.08 bits per heavy atom. The zero-order valence-electron chi connectivity index (χ0n) is 24.0. The molecule has 0 aliphatic heterocycles. The Balaban J connectivity index is 1.67. The molecule has 2 atom stereocenters. The van der Waals surface area contributed by atoms with Crippen LogP contribution in [0.5, 0.6) is 0 Å². The van der Waals surface area contributed by atoms with Crippen LogP contribution in [0.1, 0.15) is 61.8 Å². The summed E-state index contributed by atoms with van der Waals surface area (Å²) < 4.78 is 1.16. The minimum absolute atomic E-state index is 0.0110. The second-order valence-electron chi connectivity index (χ2n) is 12.7. The number of fused-ring (bicyclic) bond motifs is 2. The van der Waals surface area contributed by atoms with E-state index < -0.39 is 20.0 Å². The van der Waals surface area contributed by atoms with Gasteiger partial charge in [0.25, 0.3) is 0 Å². The Labute approximate surface area is 245 Å². The molecule has 204 valence electrons. The van der Waals surface area contributed by atoms with Crippen molar-refractivity contribution in [3.8, 4) is 11.1 Å². The molecule has 4 aromatic carbocycles. The SMILES string of the molecule is CC1=Cc2c(-c3ccc(C(C)C)cc3)cccc2[CH]1[Zr]([Cl])([Cl])([c]1ccccc1)([CH]1C=Cc2ccccc21)[SiH](C)C. The summed E-state index contributed by atoms with van der Waals surface area (Å²) in [6, 6.07) is 35.4. The van der Waals surface area contributed by atoms with E-state index in [1.807, 2.05) is 0 Å². The molecule has 0 saturated carbocycles. The topological polar surface area (TPSA) is 0 Å². The minimum atomic E-state index is -5.65. The molecule has 4 heteroatoms. The van der Waals surface area contributed by atoms with Gasteiger partial charge in [-0.3, -0.25) is 0 Å². The van der Waals surface area contributed by atoms with Crippen LogP contribution in [-0.4, -0.2) is 5.92 Å². The molecule has 0 bridgehead atoms. The normalized spacial score (nSPS) is 19.8. The second kappa shape index (κ2) is 9.53. The van der Waals surface area contributed by atoms with Gasteiger partial charge in [0.2, 0.25) is 0 Å². The number of hydrogen-bond acceptors (Lipinski definition) is 0. The van der Waals surface area contributed by atoms with Crippen molar-refractivity contribution in [2.75, 3.05) is 0 Å². The summed E-state index contributed by atoms with van der Waals surface area (Å²) in [7, 11) is 17.7. The van der Waals surface area contributed by atoms with Gasteiger partial charge >= 0.3 is 247 Å². The molecule has 0 nitrogen and oxygen atoms in total. The summed E-state index contributed by atoms with van der Waals surface area (Å²) in [6.45, 7) is 11.6. The van der Waals surface area contributed by atoms with E-state index in [-0.39, 0.29) is 7.25 Å². The maximum atomic E-state index is 8.87. The molecule has 4 aromatic rings. The third kappa shape index (κ3) is 3.65. The van der Waals surface area contributed by atoms with Crippen molar-refractivity contribution in [2.45, 2.75) is 47.0 Å². The molecule has 0 heterocycles. The summed E-state index contributed by atoms with van der Waals surface area (Å²) in [5, 5.41) is 0. The van der Waals surface area contributed by atoms with E-state index in [4.69, 9.17) is 17.0 Å². The number of allylic oxidation sites excluding steroid dienone is 2. The van der Waals surface area contributed by atoms with Crippen molar-refractivity contribution >= 4 is 38.4 Å². The van der Waals surface area contributed by atoms with E-state index in [0.29, 0.717) is 5.92 Å². The standard InChI is InChI=1S/C19H19.C9H7.C6H5.C2H7Si.2ClH.Zr/c1-13(2)15-7-9-16(10-8-15)18-6-4-5-17-11-14(3)12-19(17)18;1-2-5-9-7-3-6-8(9)4-1;1-2-4-6-5-3-1;1-3-2;;;/h4-13H,1-3H3;1-7H;1-5H;3H,1-2H3;2*1H;/q;;;;;;+2/p-2. The van der Waals surface area contributed by atoms with Gasteiger partial charge in [-0.2, -0.15) is 0 Å². The quantitative estimate of drug-likeness (QED) is 0.181. The average Bonchev–Trinajstić information content (AvgIpc) is 3.56. The number of rotatable bonds is 6. The van der Waals surface area contributed by atoms with Crippen molar-refractivity contribution in [1.82, 2.24) is 0 Å².